The molecule has 2 aromatic heterocycles. The topological polar surface area (TPSA) is 49.4 Å². The fourth-order valence-corrected chi connectivity index (χ4v) is 4.70. The Bertz CT molecular complexity index is 891. The normalized spacial score (nSPS) is 19.2. The lowest BCUT2D eigenvalue weighted by molar-refractivity contribution is 0.181. The zero-order valence-electron chi connectivity index (χ0n) is 15.4. The van der Waals surface area contributed by atoms with E-state index in [1.165, 1.54) is 21.1 Å². The molecule has 2 aliphatic heterocycles. The zero-order valence-corrected chi connectivity index (χ0v) is 16.2. The molecule has 1 unspecified atom stereocenters. The van der Waals surface area contributed by atoms with Gasteiger partial charge in [0.1, 0.15) is 5.00 Å². The molecule has 6 heteroatoms. The molecule has 1 saturated heterocycles. The number of anilines is 1. The Balaban J connectivity index is 1.73. The van der Waals surface area contributed by atoms with Gasteiger partial charge >= 0.3 is 0 Å². The molecule has 4 rings (SSSR count). The van der Waals surface area contributed by atoms with E-state index in [1.807, 2.05) is 23.6 Å². The molecule has 2 N–H and O–H groups in total. The Kier molecular flexibility index (Phi) is 5.24. The van der Waals surface area contributed by atoms with Crippen molar-refractivity contribution in [1.29, 1.82) is 0 Å². The highest BCUT2D eigenvalue weighted by molar-refractivity contribution is 7.16. The van der Waals surface area contributed by atoms with Crippen LogP contribution in [0.3, 0.4) is 0 Å². The molecule has 1 atom stereocenters. The lowest BCUT2D eigenvalue weighted by atomic mass is 10.1. The summed E-state index contributed by atoms with van der Waals surface area (Å²) in [5.41, 5.74) is 2.54. The van der Waals surface area contributed by atoms with Crippen LogP contribution in [0.2, 0.25) is 0 Å². The fourth-order valence-electron chi connectivity index (χ4n) is 3.82. The van der Waals surface area contributed by atoms with Crippen molar-refractivity contribution < 1.29 is 4.74 Å². The van der Waals surface area contributed by atoms with Gasteiger partial charge in [-0.05, 0) is 38.0 Å². The predicted octanol–water partition coefficient (Wildman–Crippen LogP) is 1.47. The van der Waals surface area contributed by atoms with E-state index in [0.29, 0.717) is 6.04 Å². The van der Waals surface area contributed by atoms with Gasteiger partial charge in [-0.15, -0.1) is 11.3 Å². The monoisotopic (exact) mass is 370 g/mol. The van der Waals surface area contributed by atoms with E-state index in [1.54, 1.807) is 7.11 Å². The number of hydrogen-bond acceptors (Lipinski definition) is 6. The molecule has 0 bridgehead atoms. The number of hydrogen-bond donors (Lipinski definition) is 2. The van der Waals surface area contributed by atoms with Gasteiger partial charge in [-0.3, -0.25) is 4.98 Å². The van der Waals surface area contributed by atoms with Crippen molar-refractivity contribution >= 4 is 28.2 Å². The third-order valence-electron chi connectivity index (χ3n) is 5.01. The van der Waals surface area contributed by atoms with Crippen LogP contribution in [-0.2, 0) is 4.74 Å². The first kappa shape index (κ1) is 17.5. The number of pyridine rings is 1. The van der Waals surface area contributed by atoms with Crippen molar-refractivity contribution in [3.63, 3.8) is 0 Å². The molecule has 1 fully saturated rings. The largest absolute Gasteiger partial charge is 0.385 e. The smallest absolute Gasteiger partial charge is 0.102 e. The average Bonchev–Trinajstić information content (AvgIpc) is 2.95. The molecule has 4 heterocycles. The van der Waals surface area contributed by atoms with Gasteiger partial charge in [0.2, 0.25) is 0 Å². The summed E-state index contributed by atoms with van der Waals surface area (Å²) < 4.78 is 5.22. The van der Waals surface area contributed by atoms with Gasteiger partial charge in [0.05, 0.1) is 11.0 Å². The molecule has 2 aromatic rings. The van der Waals surface area contributed by atoms with Crippen molar-refractivity contribution in [2.45, 2.75) is 25.8 Å². The van der Waals surface area contributed by atoms with Gasteiger partial charge in [0, 0.05) is 67.4 Å². The lowest BCUT2D eigenvalue weighted by Crippen LogP contribution is -2.51. The number of fused-ring (bicyclic) bond motifs is 2. The van der Waals surface area contributed by atoms with Crippen LogP contribution in [0.5, 0.6) is 0 Å². The molecule has 2 aliphatic rings. The lowest BCUT2D eigenvalue weighted by Gasteiger charge is -2.36. The summed E-state index contributed by atoms with van der Waals surface area (Å²) in [6.07, 6.45) is 6.20. The van der Waals surface area contributed by atoms with Crippen molar-refractivity contribution in [3.05, 3.63) is 45.4 Å². The van der Waals surface area contributed by atoms with Gasteiger partial charge in [-0.1, -0.05) is 0 Å². The molecule has 0 saturated carbocycles. The molecule has 138 valence electrons. The van der Waals surface area contributed by atoms with E-state index in [9.17, 15) is 0 Å². The Hall–Kier alpha value is -1.89. The second kappa shape index (κ2) is 7.78. The van der Waals surface area contributed by atoms with Crippen molar-refractivity contribution in [3.8, 4) is 0 Å². The van der Waals surface area contributed by atoms with Crippen LogP contribution in [0.4, 0.5) is 5.00 Å². The molecule has 0 aromatic carbocycles. The summed E-state index contributed by atoms with van der Waals surface area (Å²) >= 11 is 1.81. The summed E-state index contributed by atoms with van der Waals surface area (Å²) in [6.45, 7) is 6.00. The van der Waals surface area contributed by atoms with Gasteiger partial charge in [0.25, 0.3) is 0 Å². The highest BCUT2D eigenvalue weighted by Crippen LogP contribution is 2.34. The molecule has 5 nitrogen and oxygen atoms in total. The third kappa shape index (κ3) is 3.49. The van der Waals surface area contributed by atoms with Gasteiger partial charge in [0.15, 0.2) is 0 Å². The quantitative estimate of drug-likeness (QED) is 0.781. The van der Waals surface area contributed by atoms with Crippen LogP contribution in [0.25, 0.3) is 11.9 Å². The third-order valence-corrected chi connectivity index (χ3v) is 5.99. The summed E-state index contributed by atoms with van der Waals surface area (Å²) in [6, 6.07) is 6.92. The number of aromatic nitrogens is 1. The average molecular weight is 371 g/mol. The number of nitrogens with one attached hydrogen (secondary N) is 2. The van der Waals surface area contributed by atoms with E-state index >= 15 is 0 Å². The van der Waals surface area contributed by atoms with E-state index in [0.717, 1.165) is 49.7 Å². The highest BCUT2D eigenvalue weighted by atomic mass is 32.1. The number of ether oxygens (including phenoxy) is 1. The maximum atomic E-state index is 5.22. The molecular formula is C20H26N4OS. The first-order chi connectivity index (χ1) is 12.8. The summed E-state index contributed by atoms with van der Waals surface area (Å²) in [4.78, 5) is 8.60. The molecule has 0 aliphatic carbocycles. The molecule has 26 heavy (non-hydrogen) atoms. The maximum absolute atomic E-state index is 5.22. The van der Waals surface area contributed by atoms with Gasteiger partial charge in [-0.25, -0.2) is 0 Å². The molecule has 0 amide bonds. The minimum atomic E-state index is 0.488. The van der Waals surface area contributed by atoms with Crippen LogP contribution in [-0.4, -0.2) is 49.3 Å². The number of nitrogens with zero attached hydrogens (tertiary/aromatic N) is 2. The minimum absolute atomic E-state index is 0.488. The summed E-state index contributed by atoms with van der Waals surface area (Å²) in [7, 11) is 1.77. The first-order valence-corrected chi connectivity index (χ1v) is 10.1. The summed E-state index contributed by atoms with van der Waals surface area (Å²) in [5.74, 6) is 0. The Morgan fingerprint density at radius 2 is 2.35 bits per heavy atom. The summed E-state index contributed by atoms with van der Waals surface area (Å²) in [5, 5.41) is 10.6. The first-order valence-electron chi connectivity index (χ1n) is 9.26. The SMILES string of the molecule is COCCCC1CN(C2=c3ncccc3=CNc3sc(C)cc32)CCN1. The standard InChI is InChI=1S/C20H26N4OS/c1-14-11-17-19(24-9-8-21-16(13-24)6-4-10-25-2)18-15(5-3-7-22-18)12-23-20(17)26-14/h3,5,7,11-12,16,21,23H,4,6,8-10,13H2,1-2H3. The highest BCUT2D eigenvalue weighted by Gasteiger charge is 2.25. The Labute approximate surface area is 158 Å². The second-order valence-electron chi connectivity index (χ2n) is 6.91. The van der Waals surface area contributed by atoms with Crippen LogP contribution >= 0.6 is 11.3 Å². The van der Waals surface area contributed by atoms with Crippen molar-refractivity contribution in [2.75, 3.05) is 38.7 Å². The van der Waals surface area contributed by atoms with Gasteiger partial charge < -0.3 is 20.3 Å². The second-order valence-corrected chi connectivity index (χ2v) is 8.17. The minimum Gasteiger partial charge on any atom is -0.385 e. The molecule has 0 radical (unpaired) electrons. The Morgan fingerprint density at radius 3 is 3.23 bits per heavy atom. The number of methoxy groups -OCH3 is 1. The predicted molar refractivity (Wildman–Crippen MR) is 108 cm³/mol. The zero-order chi connectivity index (χ0) is 17.9. The van der Waals surface area contributed by atoms with E-state index < -0.39 is 0 Å². The van der Waals surface area contributed by atoms with E-state index in [2.05, 4.69) is 40.8 Å². The van der Waals surface area contributed by atoms with E-state index in [4.69, 9.17) is 9.72 Å². The van der Waals surface area contributed by atoms with E-state index in [-0.39, 0.29) is 0 Å². The maximum Gasteiger partial charge on any atom is 0.102 e. The number of aryl methyl sites for hydroxylation is 1. The van der Waals surface area contributed by atoms with Crippen LogP contribution < -0.4 is 21.2 Å². The number of thiophene rings is 1. The van der Waals surface area contributed by atoms with Gasteiger partial charge in [-0.2, -0.15) is 0 Å². The number of rotatable bonds is 5. The van der Waals surface area contributed by atoms with Crippen LogP contribution in [0.15, 0.2) is 24.4 Å². The van der Waals surface area contributed by atoms with Crippen LogP contribution in [0, 0.1) is 6.92 Å². The fraction of sp³-hybridized carbons (Fsp3) is 0.450. The van der Waals surface area contributed by atoms with Crippen molar-refractivity contribution in [1.82, 2.24) is 15.2 Å². The molecule has 0 spiro atoms. The Morgan fingerprint density at radius 1 is 1.42 bits per heavy atom. The van der Waals surface area contributed by atoms with Crippen molar-refractivity contribution in [2.24, 2.45) is 0 Å². The molecular weight excluding hydrogens is 344 g/mol. The van der Waals surface area contributed by atoms with Crippen LogP contribution in [0.1, 0.15) is 23.3 Å². The number of piperazine rings is 1.